The molecule has 2 aromatic carbocycles. The van der Waals surface area contributed by atoms with Crippen LogP contribution in [-0.4, -0.2) is 21.5 Å². The van der Waals surface area contributed by atoms with Crippen LogP contribution in [0.2, 0.25) is 0 Å². The van der Waals surface area contributed by atoms with Crippen molar-refractivity contribution in [3.63, 3.8) is 0 Å². The Morgan fingerprint density at radius 1 is 1.13 bits per heavy atom. The minimum Gasteiger partial charge on any atom is -0.497 e. The standard InChI is InChI=1S/C23H18N4O2S/c1-26-21(12-13-24)30-20(23(26)28)14-17-15-27(18-6-4-3-5-7-18)25-22(17)16-8-10-19(29-2)11-9-16/h3-12,14-15H,1-2H3/b20-14-,21-12-. The lowest BCUT2D eigenvalue weighted by molar-refractivity contribution is 0.415. The Balaban J connectivity index is 1.93. The number of aromatic nitrogens is 3. The number of methoxy groups -OCH3 is 1. The Bertz CT molecular complexity index is 1410. The van der Waals surface area contributed by atoms with Gasteiger partial charge in [0.2, 0.25) is 0 Å². The molecule has 7 heteroatoms. The van der Waals surface area contributed by atoms with Crippen molar-refractivity contribution >= 4 is 23.5 Å². The van der Waals surface area contributed by atoms with Crippen LogP contribution in [0.25, 0.3) is 29.1 Å². The van der Waals surface area contributed by atoms with Crippen LogP contribution in [0.15, 0.2) is 65.6 Å². The van der Waals surface area contributed by atoms with Crippen LogP contribution in [-0.2, 0) is 7.05 Å². The Morgan fingerprint density at radius 2 is 1.87 bits per heavy atom. The molecule has 0 aliphatic rings. The van der Waals surface area contributed by atoms with E-state index in [0.29, 0.717) is 9.20 Å². The first-order valence-electron chi connectivity index (χ1n) is 9.17. The molecule has 0 spiro atoms. The lowest BCUT2D eigenvalue weighted by Gasteiger charge is -2.02. The fraction of sp³-hybridized carbons (Fsp3) is 0.0870. The third-order valence-corrected chi connectivity index (χ3v) is 5.78. The fourth-order valence-corrected chi connectivity index (χ4v) is 4.05. The summed E-state index contributed by atoms with van der Waals surface area (Å²) in [5, 5.41) is 13.7. The molecule has 0 saturated carbocycles. The zero-order chi connectivity index (χ0) is 21.1. The van der Waals surface area contributed by atoms with Gasteiger partial charge in [-0.15, -0.1) is 11.3 Å². The molecular weight excluding hydrogens is 396 g/mol. The van der Waals surface area contributed by atoms with Gasteiger partial charge >= 0.3 is 0 Å². The summed E-state index contributed by atoms with van der Waals surface area (Å²) in [6.45, 7) is 0. The molecule has 0 aliphatic carbocycles. The van der Waals surface area contributed by atoms with Gasteiger partial charge in [-0.2, -0.15) is 10.4 Å². The van der Waals surface area contributed by atoms with Crippen molar-refractivity contribution in [1.29, 1.82) is 5.26 Å². The third kappa shape index (κ3) is 3.69. The molecule has 0 amide bonds. The van der Waals surface area contributed by atoms with E-state index in [1.807, 2.05) is 72.9 Å². The molecule has 0 radical (unpaired) electrons. The number of hydrogen-bond acceptors (Lipinski definition) is 5. The molecule has 30 heavy (non-hydrogen) atoms. The molecule has 148 valence electrons. The SMILES string of the molecule is COc1ccc(-c2nn(-c3ccccc3)cc2/C=c2\s/c(=C\C#N)n(C)c2=O)cc1. The lowest BCUT2D eigenvalue weighted by Crippen LogP contribution is -2.28. The lowest BCUT2D eigenvalue weighted by atomic mass is 10.1. The second-order valence-electron chi connectivity index (χ2n) is 6.53. The van der Waals surface area contributed by atoms with E-state index in [0.717, 1.165) is 28.3 Å². The van der Waals surface area contributed by atoms with E-state index in [2.05, 4.69) is 0 Å². The Hall–Kier alpha value is -3.89. The summed E-state index contributed by atoms with van der Waals surface area (Å²) in [6.07, 6.45) is 5.11. The third-order valence-electron chi connectivity index (χ3n) is 4.66. The summed E-state index contributed by atoms with van der Waals surface area (Å²) in [7, 11) is 3.29. The van der Waals surface area contributed by atoms with Gasteiger partial charge in [0.25, 0.3) is 5.56 Å². The Labute approximate surface area is 176 Å². The van der Waals surface area contributed by atoms with Crippen LogP contribution < -0.4 is 19.5 Å². The molecule has 2 aromatic heterocycles. The molecule has 0 fully saturated rings. The van der Waals surface area contributed by atoms with Crippen molar-refractivity contribution in [3.8, 4) is 28.8 Å². The highest BCUT2D eigenvalue weighted by molar-refractivity contribution is 7.07. The van der Waals surface area contributed by atoms with Gasteiger partial charge in [0, 0.05) is 30.4 Å². The number of nitrogens with zero attached hydrogens (tertiary/aromatic N) is 4. The van der Waals surface area contributed by atoms with Crippen LogP contribution in [0.4, 0.5) is 0 Å². The van der Waals surface area contributed by atoms with Gasteiger partial charge in [-0.05, 0) is 42.5 Å². The monoisotopic (exact) mass is 414 g/mol. The van der Waals surface area contributed by atoms with Gasteiger partial charge in [-0.3, -0.25) is 4.79 Å². The van der Waals surface area contributed by atoms with E-state index in [1.54, 1.807) is 18.8 Å². The summed E-state index contributed by atoms with van der Waals surface area (Å²) < 4.78 is 9.68. The molecule has 0 bridgehead atoms. The van der Waals surface area contributed by atoms with Gasteiger partial charge in [0.15, 0.2) is 0 Å². The predicted octanol–water partition coefficient (Wildman–Crippen LogP) is 2.44. The average Bonchev–Trinajstić information content (AvgIpc) is 3.32. The summed E-state index contributed by atoms with van der Waals surface area (Å²) in [5.41, 5.74) is 3.25. The number of ether oxygens (including phenoxy) is 1. The second-order valence-corrected chi connectivity index (χ2v) is 7.59. The largest absolute Gasteiger partial charge is 0.497 e. The first-order valence-corrected chi connectivity index (χ1v) is 9.99. The van der Waals surface area contributed by atoms with E-state index in [9.17, 15) is 4.79 Å². The number of nitriles is 1. The molecule has 6 nitrogen and oxygen atoms in total. The normalized spacial score (nSPS) is 12.2. The fourth-order valence-electron chi connectivity index (χ4n) is 3.08. The van der Waals surface area contributed by atoms with Crippen LogP contribution in [0.5, 0.6) is 5.75 Å². The smallest absolute Gasteiger partial charge is 0.268 e. The number of para-hydroxylation sites is 1. The maximum atomic E-state index is 12.6. The molecule has 0 aliphatic heterocycles. The average molecular weight is 414 g/mol. The Kier molecular flexibility index (Phi) is 5.33. The highest BCUT2D eigenvalue weighted by atomic mass is 32.1. The molecular formula is C23H18N4O2S. The van der Waals surface area contributed by atoms with E-state index in [4.69, 9.17) is 15.1 Å². The van der Waals surface area contributed by atoms with Crippen molar-refractivity contribution < 1.29 is 4.74 Å². The maximum Gasteiger partial charge on any atom is 0.268 e. The van der Waals surface area contributed by atoms with Crippen molar-refractivity contribution in [2.45, 2.75) is 0 Å². The summed E-state index contributed by atoms with van der Waals surface area (Å²) in [6, 6.07) is 19.4. The summed E-state index contributed by atoms with van der Waals surface area (Å²) >= 11 is 1.28. The molecule has 0 unspecified atom stereocenters. The second kappa shape index (κ2) is 8.23. The van der Waals surface area contributed by atoms with Gasteiger partial charge in [0.05, 0.1) is 23.4 Å². The first-order chi connectivity index (χ1) is 14.6. The maximum absolute atomic E-state index is 12.6. The molecule has 0 atom stereocenters. The molecule has 2 heterocycles. The van der Waals surface area contributed by atoms with E-state index >= 15 is 0 Å². The summed E-state index contributed by atoms with van der Waals surface area (Å²) in [5.74, 6) is 0.760. The van der Waals surface area contributed by atoms with Gasteiger partial charge in [-0.1, -0.05) is 18.2 Å². The van der Waals surface area contributed by atoms with Crippen molar-refractivity contribution in [2.24, 2.45) is 7.05 Å². The highest BCUT2D eigenvalue weighted by Gasteiger charge is 2.12. The molecule has 4 aromatic rings. The first kappa shape index (κ1) is 19.4. The number of benzene rings is 2. The molecule has 0 N–H and O–H groups in total. The quantitative estimate of drug-likeness (QED) is 0.514. The minimum absolute atomic E-state index is 0.144. The predicted molar refractivity (Wildman–Crippen MR) is 118 cm³/mol. The highest BCUT2D eigenvalue weighted by Crippen LogP contribution is 2.26. The number of rotatable bonds is 4. The zero-order valence-corrected chi connectivity index (χ0v) is 17.3. The van der Waals surface area contributed by atoms with Crippen molar-refractivity contribution in [3.05, 3.63) is 85.9 Å². The number of thiazole rings is 1. The van der Waals surface area contributed by atoms with E-state index in [-0.39, 0.29) is 5.56 Å². The molecule has 4 rings (SSSR count). The number of hydrogen-bond donors (Lipinski definition) is 0. The van der Waals surface area contributed by atoms with Crippen molar-refractivity contribution in [2.75, 3.05) is 7.11 Å². The van der Waals surface area contributed by atoms with Gasteiger partial charge < -0.3 is 9.30 Å². The molecule has 0 saturated heterocycles. The zero-order valence-electron chi connectivity index (χ0n) is 16.4. The van der Waals surface area contributed by atoms with Crippen LogP contribution >= 0.6 is 11.3 Å². The summed E-state index contributed by atoms with van der Waals surface area (Å²) in [4.78, 5) is 12.6. The topological polar surface area (TPSA) is 72.8 Å². The minimum atomic E-state index is -0.144. The van der Waals surface area contributed by atoms with Crippen LogP contribution in [0.3, 0.4) is 0 Å². The van der Waals surface area contributed by atoms with Crippen molar-refractivity contribution in [1.82, 2.24) is 14.3 Å². The van der Waals surface area contributed by atoms with Crippen LogP contribution in [0.1, 0.15) is 5.56 Å². The van der Waals surface area contributed by atoms with Gasteiger partial charge in [0.1, 0.15) is 16.1 Å². The van der Waals surface area contributed by atoms with E-state index in [1.165, 1.54) is 22.0 Å². The van der Waals surface area contributed by atoms with Gasteiger partial charge in [-0.25, -0.2) is 4.68 Å². The van der Waals surface area contributed by atoms with Crippen LogP contribution in [0, 0.1) is 11.3 Å². The Morgan fingerprint density at radius 3 is 2.53 bits per heavy atom. The van der Waals surface area contributed by atoms with E-state index < -0.39 is 0 Å².